The maximum atomic E-state index is 13.0. The summed E-state index contributed by atoms with van der Waals surface area (Å²) in [6, 6.07) is 0. The molecule has 7 atom stereocenters. The van der Waals surface area contributed by atoms with Gasteiger partial charge in [-0.1, -0.05) is 26.7 Å². The minimum absolute atomic E-state index is 0.206. The summed E-state index contributed by atoms with van der Waals surface area (Å²) < 4.78 is 5.40. The monoisotopic (exact) mass is 332 g/mol. The van der Waals surface area contributed by atoms with Gasteiger partial charge in [-0.3, -0.25) is 9.59 Å². The fourth-order valence-corrected chi connectivity index (χ4v) is 7.36. The predicted octanol–water partition coefficient (Wildman–Crippen LogP) is 4.53. The number of hydrogen-bond donors (Lipinski definition) is 0. The predicted molar refractivity (Wildman–Crippen MR) is 92.3 cm³/mol. The largest absolute Gasteiger partial charge is 0.455 e. The van der Waals surface area contributed by atoms with Crippen molar-refractivity contribution in [3.05, 3.63) is 0 Å². The molecule has 0 unspecified atom stereocenters. The van der Waals surface area contributed by atoms with Crippen LogP contribution < -0.4 is 0 Å². The molecule has 4 saturated carbocycles. The van der Waals surface area contributed by atoms with E-state index in [0.29, 0.717) is 17.3 Å². The number of rotatable bonds is 1. The van der Waals surface area contributed by atoms with E-state index in [2.05, 4.69) is 13.8 Å². The van der Waals surface area contributed by atoms with E-state index >= 15 is 0 Å². The van der Waals surface area contributed by atoms with Gasteiger partial charge in [-0.05, 0) is 74.0 Å². The summed E-state index contributed by atoms with van der Waals surface area (Å²) in [5.41, 5.74) is 0.240. The van der Waals surface area contributed by atoms with Crippen molar-refractivity contribution in [2.45, 2.75) is 84.7 Å². The zero-order valence-corrected chi connectivity index (χ0v) is 15.5. The lowest BCUT2D eigenvalue weighted by Gasteiger charge is -2.59. The highest BCUT2D eigenvalue weighted by molar-refractivity contribution is 5.92. The molecule has 0 spiro atoms. The van der Waals surface area contributed by atoms with Crippen LogP contribution in [0.2, 0.25) is 0 Å². The minimum atomic E-state index is -0.479. The van der Waals surface area contributed by atoms with Crippen molar-refractivity contribution in [2.24, 2.45) is 34.5 Å². The second kappa shape index (κ2) is 5.57. The number of ketones is 1. The molecule has 4 rings (SSSR count). The maximum absolute atomic E-state index is 13.0. The number of Topliss-reactive ketones (excluding diaryl/α,β-unsaturated/α-hetero) is 1. The van der Waals surface area contributed by atoms with Gasteiger partial charge in [-0.15, -0.1) is 0 Å². The lowest BCUT2D eigenvalue weighted by atomic mass is 9.45. The highest BCUT2D eigenvalue weighted by Gasteiger charge is 2.62. The van der Waals surface area contributed by atoms with Gasteiger partial charge < -0.3 is 4.74 Å². The molecule has 0 amide bonds. The summed E-state index contributed by atoms with van der Waals surface area (Å²) in [6.07, 6.45) is 10.7. The molecule has 0 radical (unpaired) electrons. The average molecular weight is 332 g/mol. The van der Waals surface area contributed by atoms with Gasteiger partial charge in [-0.2, -0.15) is 0 Å². The molecule has 0 bridgehead atoms. The van der Waals surface area contributed by atoms with Crippen molar-refractivity contribution < 1.29 is 14.3 Å². The van der Waals surface area contributed by atoms with Crippen LogP contribution in [-0.2, 0) is 14.3 Å². The van der Waals surface area contributed by atoms with Crippen LogP contribution in [0.25, 0.3) is 0 Å². The topological polar surface area (TPSA) is 43.4 Å². The van der Waals surface area contributed by atoms with Crippen LogP contribution in [0, 0.1) is 34.5 Å². The SMILES string of the molecule is CC(=O)O[C@@H]1C[C@@H]2[C@@H]3CC[C@H]4CCCC[C@]4(C)[C@H]3CC[C@@]2(C)C1=O. The third-order valence-electron chi connectivity index (χ3n) is 8.60. The van der Waals surface area contributed by atoms with Gasteiger partial charge in [0.05, 0.1) is 0 Å². The van der Waals surface area contributed by atoms with Crippen LogP contribution in [0.1, 0.15) is 78.6 Å². The van der Waals surface area contributed by atoms with E-state index in [1.807, 2.05) is 0 Å². The Balaban J connectivity index is 1.62. The van der Waals surface area contributed by atoms with Crippen LogP contribution >= 0.6 is 0 Å². The second-order valence-corrected chi connectivity index (χ2v) is 9.56. The van der Waals surface area contributed by atoms with Crippen molar-refractivity contribution in [2.75, 3.05) is 0 Å². The van der Waals surface area contributed by atoms with Crippen molar-refractivity contribution in [3.63, 3.8) is 0 Å². The molecule has 134 valence electrons. The summed E-state index contributed by atoms with van der Waals surface area (Å²) in [7, 11) is 0. The van der Waals surface area contributed by atoms with Crippen molar-refractivity contribution in [1.82, 2.24) is 0 Å². The number of ether oxygens (including phenoxy) is 1. The molecule has 0 aromatic heterocycles. The number of hydrogen-bond acceptors (Lipinski definition) is 3. The Bertz CT molecular complexity index is 555. The third-order valence-corrected chi connectivity index (χ3v) is 8.60. The smallest absolute Gasteiger partial charge is 0.303 e. The van der Waals surface area contributed by atoms with E-state index < -0.39 is 6.10 Å². The first-order chi connectivity index (χ1) is 11.4. The van der Waals surface area contributed by atoms with Gasteiger partial charge >= 0.3 is 5.97 Å². The Morgan fingerprint density at radius 1 is 1.04 bits per heavy atom. The second-order valence-electron chi connectivity index (χ2n) is 9.56. The molecule has 3 heteroatoms. The van der Waals surface area contributed by atoms with Crippen molar-refractivity contribution in [3.8, 4) is 0 Å². The van der Waals surface area contributed by atoms with E-state index in [4.69, 9.17) is 4.74 Å². The third kappa shape index (κ3) is 2.22. The van der Waals surface area contributed by atoms with Gasteiger partial charge in [0, 0.05) is 12.3 Å². The molecule has 4 aliphatic rings. The molecular formula is C21H32O3. The summed E-state index contributed by atoms with van der Waals surface area (Å²) >= 11 is 0. The Morgan fingerprint density at radius 3 is 2.58 bits per heavy atom. The molecular weight excluding hydrogens is 300 g/mol. The summed E-state index contributed by atoms with van der Waals surface area (Å²) in [5.74, 6) is 2.66. The zero-order chi connectivity index (χ0) is 17.1. The van der Waals surface area contributed by atoms with Crippen molar-refractivity contribution >= 4 is 11.8 Å². The number of carbonyl (C=O) groups excluding carboxylic acids is 2. The standard InChI is InChI=1S/C21H32O3/c1-13(22)24-18-12-17-15-8-7-14-6-4-5-10-20(14,2)16(15)9-11-21(17,3)19(18)23/h14-18H,4-12H2,1-3H3/t14-,15-,16+,17-,18-,20+,21-/m1/s1. The molecule has 0 aromatic carbocycles. The molecule has 0 N–H and O–H groups in total. The van der Waals surface area contributed by atoms with Crippen LogP contribution in [0.3, 0.4) is 0 Å². The summed E-state index contributed by atoms with van der Waals surface area (Å²) in [6.45, 7) is 6.14. The van der Waals surface area contributed by atoms with Gasteiger partial charge in [0.2, 0.25) is 0 Å². The van der Waals surface area contributed by atoms with Gasteiger partial charge in [0.25, 0.3) is 0 Å². The number of esters is 1. The Morgan fingerprint density at radius 2 is 1.83 bits per heavy atom. The fourth-order valence-electron chi connectivity index (χ4n) is 7.36. The molecule has 0 aromatic rings. The molecule has 4 aliphatic carbocycles. The molecule has 0 aliphatic heterocycles. The maximum Gasteiger partial charge on any atom is 0.303 e. The zero-order valence-electron chi connectivity index (χ0n) is 15.5. The van der Waals surface area contributed by atoms with E-state index in [1.165, 1.54) is 51.9 Å². The molecule has 3 nitrogen and oxygen atoms in total. The van der Waals surface area contributed by atoms with E-state index in [1.54, 1.807) is 0 Å². The van der Waals surface area contributed by atoms with Gasteiger partial charge in [0.15, 0.2) is 11.9 Å². The number of carbonyl (C=O) groups is 2. The first-order valence-electron chi connectivity index (χ1n) is 10.1. The molecule has 4 fully saturated rings. The highest BCUT2D eigenvalue weighted by Crippen LogP contribution is 2.65. The highest BCUT2D eigenvalue weighted by atomic mass is 16.5. The average Bonchev–Trinajstić information content (AvgIpc) is 2.78. The van der Waals surface area contributed by atoms with E-state index in [0.717, 1.165) is 24.7 Å². The van der Waals surface area contributed by atoms with Gasteiger partial charge in [-0.25, -0.2) is 0 Å². The van der Waals surface area contributed by atoms with Crippen LogP contribution in [-0.4, -0.2) is 17.9 Å². The van der Waals surface area contributed by atoms with Crippen LogP contribution in [0.15, 0.2) is 0 Å². The summed E-state index contributed by atoms with van der Waals surface area (Å²) in [4.78, 5) is 24.4. The Kier molecular flexibility index (Phi) is 3.85. The molecule has 0 heterocycles. The van der Waals surface area contributed by atoms with Gasteiger partial charge in [0.1, 0.15) is 0 Å². The van der Waals surface area contributed by atoms with Crippen LogP contribution in [0.5, 0.6) is 0 Å². The van der Waals surface area contributed by atoms with E-state index in [-0.39, 0.29) is 17.2 Å². The quantitative estimate of drug-likeness (QED) is 0.663. The lowest BCUT2D eigenvalue weighted by Crippen LogP contribution is -2.52. The van der Waals surface area contributed by atoms with E-state index in [9.17, 15) is 9.59 Å². The fraction of sp³-hybridized carbons (Fsp3) is 0.905. The first kappa shape index (κ1) is 16.6. The van der Waals surface area contributed by atoms with Crippen molar-refractivity contribution in [1.29, 1.82) is 0 Å². The summed E-state index contributed by atoms with van der Waals surface area (Å²) in [5, 5.41) is 0. The first-order valence-corrected chi connectivity index (χ1v) is 10.1. The minimum Gasteiger partial charge on any atom is -0.455 e. The lowest BCUT2D eigenvalue weighted by molar-refractivity contribution is -0.154. The molecule has 0 saturated heterocycles. The Hall–Kier alpha value is -0.860. The van der Waals surface area contributed by atoms with Crippen LogP contribution in [0.4, 0.5) is 0 Å². The number of fused-ring (bicyclic) bond motifs is 5. The molecule has 24 heavy (non-hydrogen) atoms. The Labute approximate surface area is 145 Å². The normalized spacial score (nSPS) is 50.6.